The largest absolute Gasteiger partial charge is 0.479 e. The fourth-order valence-corrected chi connectivity index (χ4v) is 2.20. The molecule has 2 aromatic carbocycles. The van der Waals surface area contributed by atoms with Gasteiger partial charge in [-0.05, 0) is 22.8 Å². The smallest absolute Gasteiger partial charge is 0.337 e. The molecule has 1 atom stereocenters. The van der Waals surface area contributed by atoms with Crippen LogP contribution >= 0.6 is 15.9 Å². The number of carbonyl (C=O) groups is 1. The Morgan fingerprint density at radius 3 is 2.22 bits per heavy atom. The Morgan fingerprint density at radius 1 is 1.06 bits per heavy atom. The lowest BCUT2D eigenvalue weighted by atomic mass is 10.0. The van der Waals surface area contributed by atoms with Crippen molar-refractivity contribution in [2.45, 2.75) is 6.10 Å². The molecule has 0 saturated carbocycles. The Kier molecular flexibility index (Phi) is 3.79. The van der Waals surface area contributed by atoms with Crippen molar-refractivity contribution >= 4 is 21.9 Å². The fourth-order valence-electron chi connectivity index (χ4n) is 1.68. The van der Waals surface area contributed by atoms with Crippen molar-refractivity contribution in [1.29, 1.82) is 0 Å². The number of aliphatic carboxylic acids is 1. The minimum Gasteiger partial charge on any atom is -0.479 e. The lowest BCUT2D eigenvalue weighted by molar-refractivity contribution is -0.146. The van der Waals surface area contributed by atoms with Gasteiger partial charge in [-0.15, -0.1) is 0 Å². The summed E-state index contributed by atoms with van der Waals surface area (Å²) < 4.78 is 0.969. The molecule has 4 heteroatoms. The topological polar surface area (TPSA) is 57.5 Å². The number of hydrogen-bond acceptors (Lipinski definition) is 2. The van der Waals surface area contributed by atoms with Crippen molar-refractivity contribution in [2.24, 2.45) is 0 Å². The molecular weight excluding hydrogens is 296 g/mol. The molecule has 0 aromatic heterocycles. The van der Waals surface area contributed by atoms with Crippen LogP contribution in [0.25, 0.3) is 11.1 Å². The highest BCUT2D eigenvalue weighted by atomic mass is 79.9. The number of benzene rings is 2. The van der Waals surface area contributed by atoms with E-state index in [0.29, 0.717) is 5.56 Å². The number of carboxylic acids is 1. The molecule has 0 spiro atoms. The quantitative estimate of drug-likeness (QED) is 0.915. The van der Waals surface area contributed by atoms with Crippen molar-refractivity contribution in [1.82, 2.24) is 0 Å². The van der Waals surface area contributed by atoms with Gasteiger partial charge in [0.05, 0.1) is 0 Å². The fraction of sp³-hybridized carbons (Fsp3) is 0.0714. The Hall–Kier alpha value is -1.65. The summed E-state index contributed by atoms with van der Waals surface area (Å²) in [4.78, 5) is 10.7. The highest BCUT2D eigenvalue weighted by Crippen LogP contribution is 2.28. The Labute approximate surface area is 113 Å². The molecule has 0 amide bonds. The van der Waals surface area contributed by atoms with Gasteiger partial charge in [0.1, 0.15) is 0 Å². The third kappa shape index (κ3) is 2.60. The van der Waals surface area contributed by atoms with E-state index >= 15 is 0 Å². The van der Waals surface area contributed by atoms with Crippen LogP contribution in [-0.4, -0.2) is 16.2 Å². The van der Waals surface area contributed by atoms with Gasteiger partial charge in [0.25, 0.3) is 0 Å². The van der Waals surface area contributed by atoms with Crippen molar-refractivity contribution in [2.75, 3.05) is 0 Å². The molecule has 0 fully saturated rings. The van der Waals surface area contributed by atoms with Gasteiger partial charge >= 0.3 is 5.97 Å². The Balaban J connectivity index is 2.34. The van der Waals surface area contributed by atoms with Crippen LogP contribution in [0.4, 0.5) is 0 Å². The van der Waals surface area contributed by atoms with E-state index in [4.69, 9.17) is 5.11 Å². The molecular formula is C14H11BrO3. The molecule has 1 unspecified atom stereocenters. The van der Waals surface area contributed by atoms with Crippen molar-refractivity contribution in [3.8, 4) is 11.1 Å². The third-order valence-electron chi connectivity index (χ3n) is 2.65. The van der Waals surface area contributed by atoms with Crippen LogP contribution in [0.5, 0.6) is 0 Å². The number of halogens is 1. The van der Waals surface area contributed by atoms with E-state index in [9.17, 15) is 9.90 Å². The first-order valence-electron chi connectivity index (χ1n) is 5.35. The summed E-state index contributed by atoms with van der Waals surface area (Å²) in [5.41, 5.74) is 2.36. The highest BCUT2D eigenvalue weighted by molar-refractivity contribution is 9.10. The summed E-state index contributed by atoms with van der Waals surface area (Å²) in [6.45, 7) is 0. The maximum Gasteiger partial charge on any atom is 0.337 e. The first kappa shape index (κ1) is 12.8. The zero-order valence-corrected chi connectivity index (χ0v) is 11.0. The average molecular weight is 307 g/mol. The van der Waals surface area contributed by atoms with Gasteiger partial charge in [0.2, 0.25) is 0 Å². The minimum atomic E-state index is -1.47. The van der Waals surface area contributed by atoms with Crippen LogP contribution < -0.4 is 0 Å². The average Bonchev–Trinajstić information content (AvgIpc) is 2.38. The zero-order chi connectivity index (χ0) is 13.1. The molecule has 0 bridgehead atoms. The van der Waals surface area contributed by atoms with Crippen LogP contribution in [0.15, 0.2) is 53.0 Å². The second-order valence-corrected chi connectivity index (χ2v) is 4.70. The molecule has 0 aliphatic rings. The van der Waals surface area contributed by atoms with E-state index in [0.717, 1.165) is 15.6 Å². The number of aliphatic hydroxyl groups excluding tert-OH is 1. The molecule has 18 heavy (non-hydrogen) atoms. The standard InChI is InChI=1S/C14H11BrO3/c15-12-4-2-1-3-11(12)9-5-7-10(8-6-9)13(16)14(17)18/h1-8,13,16H,(H,17,18). The summed E-state index contributed by atoms with van der Waals surface area (Å²) in [5.74, 6) is -1.25. The van der Waals surface area contributed by atoms with E-state index in [-0.39, 0.29) is 0 Å². The lowest BCUT2D eigenvalue weighted by Crippen LogP contribution is -2.10. The van der Waals surface area contributed by atoms with E-state index in [2.05, 4.69) is 15.9 Å². The maximum atomic E-state index is 10.7. The summed E-state index contributed by atoms with van der Waals surface area (Å²) in [7, 11) is 0. The van der Waals surface area contributed by atoms with Gasteiger partial charge in [-0.25, -0.2) is 4.79 Å². The molecule has 0 aliphatic carbocycles. The summed E-state index contributed by atoms with van der Waals surface area (Å²) in [6.07, 6.45) is -1.47. The molecule has 0 radical (unpaired) electrons. The number of aliphatic hydroxyl groups is 1. The van der Waals surface area contributed by atoms with Gasteiger partial charge in [0.15, 0.2) is 6.10 Å². The van der Waals surface area contributed by atoms with Gasteiger partial charge in [-0.2, -0.15) is 0 Å². The second-order valence-electron chi connectivity index (χ2n) is 3.84. The van der Waals surface area contributed by atoms with E-state index < -0.39 is 12.1 Å². The third-order valence-corrected chi connectivity index (χ3v) is 3.34. The highest BCUT2D eigenvalue weighted by Gasteiger charge is 2.15. The molecule has 0 heterocycles. The van der Waals surface area contributed by atoms with E-state index in [1.165, 1.54) is 0 Å². The van der Waals surface area contributed by atoms with Crippen LogP contribution in [0.1, 0.15) is 11.7 Å². The lowest BCUT2D eigenvalue weighted by Gasteiger charge is -2.08. The van der Waals surface area contributed by atoms with Gasteiger partial charge < -0.3 is 10.2 Å². The number of carboxylic acid groups (broad SMARTS) is 1. The number of hydrogen-bond donors (Lipinski definition) is 2. The van der Waals surface area contributed by atoms with E-state index in [1.807, 2.05) is 24.3 Å². The molecule has 2 rings (SSSR count). The van der Waals surface area contributed by atoms with Gasteiger partial charge in [-0.1, -0.05) is 58.4 Å². The second kappa shape index (κ2) is 5.33. The predicted octanol–water partition coefficient (Wildman–Crippen LogP) is 3.23. The molecule has 92 valence electrons. The monoisotopic (exact) mass is 306 g/mol. The van der Waals surface area contributed by atoms with Crippen molar-refractivity contribution in [3.63, 3.8) is 0 Å². The van der Waals surface area contributed by atoms with Crippen LogP contribution in [0.2, 0.25) is 0 Å². The maximum absolute atomic E-state index is 10.7. The van der Waals surface area contributed by atoms with Crippen molar-refractivity contribution in [3.05, 3.63) is 58.6 Å². The van der Waals surface area contributed by atoms with Gasteiger partial charge in [-0.3, -0.25) is 0 Å². The molecule has 0 saturated heterocycles. The Bertz CT molecular complexity index is 564. The van der Waals surface area contributed by atoms with Crippen LogP contribution in [-0.2, 0) is 4.79 Å². The van der Waals surface area contributed by atoms with Crippen LogP contribution in [0.3, 0.4) is 0 Å². The molecule has 3 nitrogen and oxygen atoms in total. The van der Waals surface area contributed by atoms with Crippen molar-refractivity contribution < 1.29 is 15.0 Å². The SMILES string of the molecule is O=C(O)C(O)c1ccc(-c2ccccc2Br)cc1. The summed E-state index contributed by atoms with van der Waals surface area (Å²) in [6, 6.07) is 14.6. The minimum absolute atomic E-state index is 0.373. The van der Waals surface area contributed by atoms with Crippen LogP contribution in [0, 0.1) is 0 Å². The number of rotatable bonds is 3. The predicted molar refractivity (Wildman–Crippen MR) is 72.2 cm³/mol. The van der Waals surface area contributed by atoms with Gasteiger partial charge in [0, 0.05) is 4.47 Å². The first-order valence-corrected chi connectivity index (χ1v) is 6.14. The summed E-state index contributed by atoms with van der Waals surface area (Å²) in [5, 5.41) is 18.1. The molecule has 2 N–H and O–H groups in total. The van der Waals surface area contributed by atoms with E-state index in [1.54, 1.807) is 24.3 Å². The first-order chi connectivity index (χ1) is 8.59. The molecule has 0 aliphatic heterocycles. The Morgan fingerprint density at radius 2 is 1.67 bits per heavy atom. The summed E-state index contributed by atoms with van der Waals surface area (Å²) >= 11 is 3.46. The normalized spacial score (nSPS) is 12.1. The zero-order valence-electron chi connectivity index (χ0n) is 9.38. The molecule has 2 aromatic rings.